The summed E-state index contributed by atoms with van der Waals surface area (Å²) in [5.41, 5.74) is 4.74. The topological polar surface area (TPSA) is 97.6 Å². The van der Waals surface area contributed by atoms with Crippen LogP contribution in [0.1, 0.15) is 26.7 Å². The molecule has 2 N–H and O–H groups in total. The van der Waals surface area contributed by atoms with Crippen LogP contribution >= 0.6 is 15.9 Å². The van der Waals surface area contributed by atoms with Crippen molar-refractivity contribution in [2.45, 2.75) is 6.92 Å². The molecule has 2 amide bonds. The SMILES string of the molecule is Cc1ccc(C(=O)OCC(=O)NNC(=O)c2ccc(Br)cc2)o1. The smallest absolute Gasteiger partial charge is 0.374 e. The van der Waals surface area contributed by atoms with Crippen molar-refractivity contribution in [3.63, 3.8) is 0 Å². The van der Waals surface area contributed by atoms with Gasteiger partial charge in [-0.15, -0.1) is 0 Å². The second kappa shape index (κ2) is 7.59. The highest BCUT2D eigenvalue weighted by Crippen LogP contribution is 2.10. The van der Waals surface area contributed by atoms with Gasteiger partial charge in [-0.2, -0.15) is 0 Å². The second-order valence-corrected chi connectivity index (χ2v) is 5.41. The fourth-order valence-electron chi connectivity index (χ4n) is 1.58. The molecule has 0 unspecified atom stereocenters. The summed E-state index contributed by atoms with van der Waals surface area (Å²) in [6, 6.07) is 9.63. The Kier molecular flexibility index (Phi) is 5.53. The molecule has 0 atom stereocenters. The zero-order valence-electron chi connectivity index (χ0n) is 12.1. The predicted molar refractivity (Wildman–Crippen MR) is 83.5 cm³/mol. The molecule has 0 aliphatic heterocycles. The fourth-order valence-corrected chi connectivity index (χ4v) is 1.85. The third kappa shape index (κ3) is 4.96. The summed E-state index contributed by atoms with van der Waals surface area (Å²) in [6.45, 7) is 1.14. The fraction of sp³-hybridized carbons (Fsp3) is 0.133. The van der Waals surface area contributed by atoms with E-state index in [0.717, 1.165) is 4.47 Å². The van der Waals surface area contributed by atoms with Gasteiger partial charge in [0.2, 0.25) is 5.76 Å². The maximum atomic E-state index is 11.8. The number of carbonyl (C=O) groups is 3. The summed E-state index contributed by atoms with van der Waals surface area (Å²) < 4.78 is 10.6. The molecular weight excluding hydrogens is 368 g/mol. The monoisotopic (exact) mass is 380 g/mol. The van der Waals surface area contributed by atoms with Crippen LogP contribution in [0, 0.1) is 6.92 Å². The van der Waals surface area contributed by atoms with Crippen LogP contribution in [-0.4, -0.2) is 24.4 Å². The highest BCUT2D eigenvalue weighted by molar-refractivity contribution is 9.10. The largest absolute Gasteiger partial charge is 0.454 e. The molecule has 0 aliphatic carbocycles. The number of hydrazine groups is 1. The Bertz CT molecular complexity index is 724. The van der Waals surface area contributed by atoms with Gasteiger partial charge in [0.05, 0.1) is 0 Å². The number of nitrogens with one attached hydrogen (secondary N) is 2. The Hall–Kier alpha value is -2.61. The predicted octanol–water partition coefficient (Wildman–Crippen LogP) is 1.97. The Labute approximate surface area is 140 Å². The highest BCUT2D eigenvalue weighted by Gasteiger charge is 2.14. The van der Waals surface area contributed by atoms with E-state index in [2.05, 4.69) is 26.8 Å². The maximum Gasteiger partial charge on any atom is 0.374 e. The Balaban J connectivity index is 1.75. The molecule has 0 saturated carbocycles. The molecule has 0 saturated heterocycles. The van der Waals surface area contributed by atoms with Gasteiger partial charge in [0.25, 0.3) is 11.8 Å². The first-order valence-corrected chi connectivity index (χ1v) is 7.33. The summed E-state index contributed by atoms with van der Waals surface area (Å²) in [4.78, 5) is 34.9. The zero-order valence-corrected chi connectivity index (χ0v) is 13.7. The van der Waals surface area contributed by atoms with Gasteiger partial charge >= 0.3 is 5.97 Å². The minimum atomic E-state index is -0.757. The van der Waals surface area contributed by atoms with Crippen LogP contribution in [0.3, 0.4) is 0 Å². The van der Waals surface area contributed by atoms with Crippen molar-refractivity contribution in [2.75, 3.05) is 6.61 Å². The zero-order chi connectivity index (χ0) is 16.8. The van der Waals surface area contributed by atoms with Crippen molar-refractivity contribution in [3.8, 4) is 0 Å². The molecule has 8 heteroatoms. The molecule has 0 radical (unpaired) electrons. The standard InChI is InChI=1S/C15H13BrN2O5/c1-9-2-7-12(23-9)15(21)22-8-13(19)17-18-14(20)10-3-5-11(16)6-4-10/h2-7H,8H2,1H3,(H,17,19)(H,18,20). The minimum absolute atomic E-state index is 0.00852. The van der Waals surface area contributed by atoms with Crippen LogP contribution in [0.4, 0.5) is 0 Å². The molecule has 2 rings (SSSR count). The number of halogens is 1. The average Bonchev–Trinajstić information content (AvgIpc) is 2.97. The number of amides is 2. The van der Waals surface area contributed by atoms with E-state index in [-0.39, 0.29) is 5.76 Å². The highest BCUT2D eigenvalue weighted by atomic mass is 79.9. The van der Waals surface area contributed by atoms with Crippen LogP contribution in [0.5, 0.6) is 0 Å². The van der Waals surface area contributed by atoms with E-state index >= 15 is 0 Å². The molecule has 0 spiro atoms. The van der Waals surface area contributed by atoms with Gasteiger partial charge in [0, 0.05) is 10.0 Å². The van der Waals surface area contributed by atoms with Gasteiger partial charge in [-0.1, -0.05) is 15.9 Å². The first kappa shape index (κ1) is 16.8. The van der Waals surface area contributed by atoms with E-state index in [1.807, 2.05) is 0 Å². The number of furan rings is 1. The first-order chi connectivity index (χ1) is 11.0. The summed E-state index contributed by atoms with van der Waals surface area (Å²) in [6.07, 6.45) is 0. The third-order valence-corrected chi connectivity index (χ3v) is 3.23. The number of esters is 1. The lowest BCUT2D eigenvalue weighted by atomic mass is 10.2. The number of hydrogen-bond donors (Lipinski definition) is 2. The number of benzene rings is 1. The van der Waals surface area contributed by atoms with Gasteiger partial charge in [-0.3, -0.25) is 20.4 Å². The van der Waals surface area contributed by atoms with Gasteiger partial charge in [0.15, 0.2) is 6.61 Å². The van der Waals surface area contributed by atoms with Crippen LogP contribution in [0.25, 0.3) is 0 Å². The molecule has 1 aromatic carbocycles. The summed E-state index contributed by atoms with van der Waals surface area (Å²) in [5, 5.41) is 0. The first-order valence-electron chi connectivity index (χ1n) is 6.54. The van der Waals surface area contributed by atoms with Crippen molar-refractivity contribution in [1.82, 2.24) is 10.9 Å². The quantitative estimate of drug-likeness (QED) is 0.624. The lowest BCUT2D eigenvalue weighted by Gasteiger charge is -2.07. The molecule has 0 fully saturated rings. The molecule has 23 heavy (non-hydrogen) atoms. The second-order valence-electron chi connectivity index (χ2n) is 4.50. The summed E-state index contributed by atoms with van der Waals surface area (Å²) in [5.74, 6) is -1.35. The van der Waals surface area contributed by atoms with E-state index in [9.17, 15) is 14.4 Å². The van der Waals surface area contributed by atoms with E-state index < -0.39 is 24.4 Å². The lowest BCUT2D eigenvalue weighted by molar-refractivity contribution is -0.125. The molecule has 120 valence electrons. The molecule has 7 nitrogen and oxygen atoms in total. The van der Waals surface area contributed by atoms with E-state index in [1.165, 1.54) is 6.07 Å². The van der Waals surface area contributed by atoms with E-state index in [1.54, 1.807) is 37.3 Å². The van der Waals surface area contributed by atoms with Crippen LogP contribution in [0.2, 0.25) is 0 Å². The van der Waals surface area contributed by atoms with Crippen molar-refractivity contribution in [2.24, 2.45) is 0 Å². The Morgan fingerprint density at radius 2 is 1.78 bits per heavy atom. The van der Waals surface area contributed by atoms with E-state index in [0.29, 0.717) is 11.3 Å². The van der Waals surface area contributed by atoms with E-state index in [4.69, 9.17) is 9.15 Å². The molecular formula is C15H13BrN2O5. The van der Waals surface area contributed by atoms with Gasteiger partial charge in [-0.25, -0.2) is 4.79 Å². The number of carbonyl (C=O) groups excluding carboxylic acids is 3. The average molecular weight is 381 g/mol. The van der Waals surface area contributed by atoms with Crippen LogP contribution in [0.15, 0.2) is 45.3 Å². The van der Waals surface area contributed by atoms with Crippen molar-refractivity contribution in [3.05, 3.63) is 58.0 Å². The van der Waals surface area contributed by atoms with Gasteiger partial charge < -0.3 is 9.15 Å². The summed E-state index contributed by atoms with van der Waals surface area (Å²) in [7, 11) is 0. The molecule has 1 heterocycles. The minimum Gasteiger partial charge on any atom is -0.454 e. The molecule has 0 aliphatic rings. The van der Waals surface area contributed by atoms with Crippen molar-refractivity contribution >= 4 is 33.7 Å². The third-order valence-electron chi connectivity index (χ3n) is 2.70. The van der Waals surface area contributed by atoms with Crippen molar-refractivity contribution in [1.29, 1.82) is 0 Å². The molecule has 1 aromatic heterocycles. The van der Waals surface area contributed by atoms with Gasteiger partial charge in [0.1, 0.15) is 5.76 Å². The number of aryl methyl sites for hydroxylation is 1. The molecule has 0 bridgehead atoms. The lowest BCUT2D eigenvalue weighted by Crippen LogP contribution is -2.43. The number of rotatable bonds is 4. The van der Waals surface area contributed by atoms with Gasteiger partial charge in [-0.05, 0) is 43.3 Å². The summed E-state index contributed by atoms with van der Waals surface area (Å²) >= 11 is 3.25. The maximum absolute atomic E-state index is 11.8. The number of hydrogen-bond acceptors (Lipinski definition) is 5. The van der Waals surface area contributed by atoms with Crippen molar-refractivity contribution < 1.29 is 23.5 Å². The van der Waals surface area contributed by atoms with Crippen LogP contribution in [-0.2, 0) is 9.53 Å². The molecule has 2 aromatic rings. The van der Waals surface area contributed by atoms with Crippen LogP contribution < -0.4 is 10.9 Å². The Morgan fingerprint density at radius 3 is 2.39 bits per heavy atom. The Morgan fingerprint density at radius 1 is 1.09 bits per heavy atom. The normalized spacial score (nSPS) is 10.0. The number of ether oxygens (including phenoxy) is 1.